The lowest BCUT2D eigenvalue weighted by Gasteiger charge is -2.31. The van der Waals surface area contributed by atoms with Crippen molar-refractivity contribution in [1.29, 1.82) is 0 Å². The van der Waals surface area contributed by atoms with E-state index in [2.05, 4.69) is 31.7 Å². The van der Waals surface area contributed by atoms with Crippen LogP contribution in [0, 0.1) is 19.8 Å². The molecule has 1 aromatic carbocycles. The van der Waals surface area contributed by atoms with Gasteiger partial charge >= 0.3 is 0 Å². The van der Waals surface area contributed by atoms with Crippen molar-refractivity contribution in [3.05, 3.63) is 29.3 Å². The Labute approximate surface area is 122 Å². The summed E-state index contributed by atoms with van der Waals surface area (Å²) in [7, 11) is 0. The monoisotopic (exact) mass is 277 g/mol. The Morgan fingerprint density at radius 1 is 1.30 bits per heavy atom. The van der Waals surface area contributed by atoms with Crippen molar-refractivity contribution in [2.45, 2.75) is 39.7 Å². The zero-order chi connectivity index (χ0) is 14.5. The van der Waals surface area contributed by atoms with Crippen LogP contribution in [-0.2, 0) is 0 Å². The van der Waals surface area contributed by atoms with Gasteiger partial charge in [0, 0.05) is 6.54 Å². The van der Waals surface area contributed by atoms with Crippen LogP contribution in [0.5, 0.6) is 5.75 Å². The number of rotatable bonds is 5. The second-order valence-corrected chi connectivity index (χ2v) is 6.15. The van der Waals surface area contributed by atoms with Gasteiger partial charge in [-0.3, -0.25) is 0 Å². The predicted octanol–water partition coefficient (Wildman–Crippen LogP) is 2.78. The van der Waals surface area contributed by atoms with Crippen LogP contribution < -0.4 is 4.74 Å². The maximum Gasteiger partial charge on any atom is 0.122 e. The fraction of sp³-hybridized carbons (Fsp3) is 0.647. The molecule has 1 N–H and O–H groups in total. The summed E-state index contributed by atoms with van der Waals surface area (Å²) in [5.74, 6) is 1.71. The van der Waals surface area contributed by atoms with Crippen LogP contribution in [0.2, 0.25) is 0 Å². The number of β-amino-alcohol motifs (C(OH)–C–C–N with tert-alkyl or cyclic N) is 1. The zero-order valence-electron chi connectivity index (χ0n) is 12.9. The SMILES string of the molecule is Cc1cccc(OCC(O)CN2CCC(C)CC2)c1C. The number of nitrogens with zero attached hydrogens (tertiary/aromatic N) is 1. The molecular formula is C17H27NO2. The van der Waals surface area contributed by atoms with Crippen LogP contribution in [0.3, 0.4) is 0 Å². The molecule has 0 saturated carbocycles. The Morgan fingerprint density at radius 3 is 2.70 bits per heavy atom. The summed E-state index contributed by atoms with van der Waals surface area (Å²) in [6.45, 7) is 9.73. The summed E-state index contributed by atoms with van der Waals surface area (Å²) < 4.78 is 5.77. The highest BCUT2D eigenvalue weighted by Gasteiger charge is 2.18. The van der Waals surface area contributed by atoms with Crippen LogP contribution in [0.25, 0.3) is 0 Å². The van der Waals surface area contributed by atoms with Crippen LogP contribution in [0.15, 0.2) is 18.2 Å². The fourth-order valence-corrected chi connectivity index (χ4v) is 2.66. The fourth-order valence-electron chi connectivity index (χ4n) is 2.66. The van der Waals surface area contributed by atoms with Gasteiger partial charge in [-0.1, -0.05) is 19.1 Å². The molecule has 1 unspecified atom stereocenters. The van der Waals surface area contributed by atoms with E-state index in [1.54, 1.807) is 0 Å². The Balaban J connectivity index is 1.77. The minimum Gasteiger partial charge on any atom is -0.491 e. The molecule has 0 aliphatic carbocycles. The Bertz CT molecular complexity index is 425. The lowest BCUT2D eigenvalue weighted by atomic mass is 9.99. The van der Waals surface area contributed by atoms with Crippen molar-refractivity contribution in [3.8, 4) is 5.75 Å². The Morgan fingerprint density at radius 2 is 2.00 bits per heavy atom. The molecule has 1 aliphatic heterocycles. The molecule has 1 fully saturated rings. The topological polar surface area (TPSA) is 32.7 Å². The average Bonchev–Trinajstić information content (AvgIpc) is 2.43. The van der Waals surface area contributed by atoms with Crippen molar-refractivity contribution >= 4 is 0 Å². The molecule has 3 nitrogen and oxygen atoms in total. The van der Waals surface area contributed by atoms with E-state index in [9.17, 15) is 5.11 Å². The predicted molar refractivity (Wildman–Crippen MR) is 82.3 cm³/mol. The van der Waals surface area contributed by atoms with Gasteiger partial charge in [-0.15, -0.1) is 0 Å². The van der Waals surface area contributed by atoms with Gasteiger partial charge in [0.25, 0.3) is 0 Å². The van der Waals surface area contributed by atoms with Crippen molar-refractivity contribution in [2.24, 2.45) is 5.92 Å². The highest BCUT2D eigenvalue weighted by atomic mass is 16.5. The number of benzene rings is 1. The molecule has 112 valence electrons. The van der Waals surface area contributed by atoms with Gasteiger partial charge < -0.3 is 14.7 Å². The minimum atomic E-state index is -0.414. The molecule has 2 rings (SSSR count). The summed E-state index contributed by atoms with van der Waals surface area (Å²) in [5, 5.41) is 10.1. The lowest BCUT2D eigenvalue weighted by Crippen LogP contribution is -2.40. The zero-order valence-corrected chi connectivity index (χ0v) is 12.9. The van der Waals surface area contributed by atoms with Crippen LogP contribution >= 0.6 is 0 Å². The van der Waals surface area contributed by atoms with E-state index < -0.39 is 6.10 Å². The molecule has 1 atom stereocenters. The number of aliphatic hydroxyl groups is 1. The normalized spacial score (nSPS) is 19.0. The second-order valence-electron chi connectivity index (χ2n) is 6.15. The summed E-state index contributed by atoms with van der Waals surface area (Å²) in [5.41, 5.74) is 2.38. The van der Waals surface area contributed by atoms with Crippen LogP contribution in [0.1, 0.15) is 30.9 Å². The molecule has 0 bridgehead atoms. The molecule has 3 heteroatoms. The van der Waals surface area contributed by atoms with Crippen LogP contribution in [0.4, 0.5) is 0 Å². The molecule has 1 saturated heterocycles. The molecule has 0 radical (unpaired) electrons. The first-order chi connectivity index (χ1) is 9.56. The van der Waals surface area contributed by atoms with Crippen LogP contribution in [-0.4, -0.2) is 42.4 Å². The van der Waals surface area contributed by atoms with Gasteiger partial charge in [0.2, 0.25) is 0 Å². The van der Waals surface area contributed by atoms with Gasteiger partial charge in [-0.25, -0.2) is 0 Å². The third-order valence-corrected chi connectivity index (χ3v) is 4.33. The maximum absolute atomic E-state index is 10.1. The van der Waals surface area contributed by atoms with E-state index >= 15 is 0 Å². The van der Waals surface area contributed by atoms with Crippen molar-refractivity contribution in [2.75, 3.05) is 26.2 Å². The van der Waals surface area contributed by atoms with E-state index in [0.29, 0.717) is 6.61 Å². The van der Waals surface area contributed by atoms with E-state index in [1.807, 2.05) is 12.1 Å². The standard InChI is InChI=1S/C17H27NO2/c1-13-7-9-18(10-8-13)11-16(19)12-20-17-6-4-5-14(2)15(17)3/h4-6,13,16,19H,7-12H2,1-3H3. The number of hydrogen-bond donors (Lipinski definition) is 1. The van der Waals surface area contributed by atoms with E-state index in [0.717, 1.165) is 36.9 Å². The first-order valence-corrected chi connectivity index (χ1v) is 7.65. The Kier molecular flexibility index (Phi) is 5.44. The number of aliphatic hydroxyl groups excluding tert-OH is 1. The third kappa shape index (κ3) is 4.22. The quantitative estimate of drug-likeness (QED) is 0.898. The molecule has 0 amide bonds. The van der Waals surface area contributed by atoms with E-state index in [1.165, 1.54) is 18.4 Å². The molecule has 0 aromatic heterocycles. The van der Waals surface area contributed by atoms with E-state index in [-0.39, 0.29) is 0 Å². The maximum atomic E-state index is 10.1. The van der Waals surface area contributed by atoms with Gasteiger partial charge in [0.15, 0.2) is 0 Å². The Hall–Kier alpha value is -1.06. The lowest BCUT2D eigenvalue weighted by molar-refractivity contribution is 0.0561. The number of likely N-dealkylation sites (tertiary alicyclic amines) is 1. The highest BCUT2D eigenvalue weighted by molar-refractivity contribution is 5.38. The second kappa shape index (κ2) is 7.09. The van der Waals surface area contributed by atoms with Crippen molar-refractivity contribution in [3.63, 3.8) is 0 Å². The first-order valence-electron chi connectivity index (χ1n) is 7.65. The number of piperidine rings is 1. The molecule has 0 spiro atoms. The molecule has 20 heavy (non-hydrogen) atoms. The average molecular weight is 277 g/mol. The summed E-state index contributed by atoms with van der Waals surface area (Å²) in [6.07, 6.45) is 2.07. The highest BCUT2D eigenvalue weighted by Crippen LogP contribution is 2.21. The first kappa shape index (κ1) is 15.3. The molecular weight excluding hydrogens is 250 g/mol. The summed E-state index contributed by atoms with van der Waals surface area (Å²) in [4.78, 5) is 2.34. The number of aryl methyl sites for hydroxylation is 1. The van der Waals surface area contributed by atoms with E-state index in [4.69, 9.17) is 4.74 Å². The van der Waals surface area contributed by atoms with Gasteiger partial charge in [0.1, 0.15) is 18.5 Å². The van der Waals surface area contributed by atoms with Crippen molar-refractivity contribution < 1.29 is 9.84 Å². The molecule has 1 heterocycles. The third-order valence-electron chi connectivity index (χ3n) is 4.33. The molecule has 1 aliphatic rings. The smallest absolute Gasteiger partial charge is 0.122 e. The van der Waals surface area contributed by atoms with Gasteiger partial charge in [-0.2, -0.15) is 0 Å². The summed E-state index contributed by atoms with van der Waals surface area (Å²) in [6, 6.07) is 6.04. The van der Waals surface area contributed by atoms with Gasteiger partial charge in [-0.05, 0) is 62.9 Å². The minimum absolute atomic E-state index is 0.371. The van der Waals surface area contributed by atoms with Crippen molar-refractivity contribution in [1.82, 2.24) is 4.90 Å². The number of ether oxygens (including phenoxy) is 1. The largest absolute Gasteiger partial charge is 0.491 e. The summed E-state index contributed by atoms with van der Waals surface area (Å²) >= 11 is 0. The van der Waals surface area contributed by atoms with Gasteiger partial charge in [0.05, 0.1) is 0 Å². The molecule has 1 aromatic rings. The number of hydrogen-bond acceptors (Lipinski definition) is 3.